The first-order valence-corrected chi connectivity index (χ1v) is 7.14. The number of furan rings is 1. The minimum atomic E-state index is -0.442. The smallest absolute Gasteiger partial charge is 0.342 e. The van der Waals surface area contributed by atoms with Crippen molar-refractivity contribution in [2.45, 2.75) is 13.5 Å². The number of esters is 1. The van der Waals surface area contributed by atoms with Gasteiger partial charge < -0.3 is 19.0 Å². The van der Waals surface area contributed by atoms with Crippen molar-refractivity contribution in [1.29, 1.82) is 0 Å². The van der Waals surface area contributed by atoms with Crippen LogP contribution in [0.3, 0.4) is 0 Å². The second-order valence-electron chi connectivity index (χ2n) is 5.44. The summed E-state index contributed by atoms with van der Waals surface area (Å²) >= 11 is 0. The monoisotopic (exact) mass is 306 g/mol. The van der Waals surface area contributed by atoms with Crippen LogP contribution in [0, 0.1) is 5.41 Å². The van der Waals surface area contributed by atoms with Gasteiger partial charge in [0.25, 0.3) is 0 Å². The minimum absolute atomic E-state index is 0.0116. The third-order valence-corrected chi connectivity index (χ3v) is 3.66. The number of nitrogens with zero attached hydrogens (tertiary/aromatic N) is 2. The molecule has 3 rings (SSSR count). The highest BCUT2D eigenvalue weighted by atomic mass is 16.5. The fraction of sp³-hybridized carbons (Fsp3) is 0.467. The molecule has 0 unspecified atom stereocenters. The number of carbonyl (C=O) groups excluding carboxylic acids is 1. The normalized spacial score (nSPS) is 16.3. The van der Waals surface area contributed by atoms with Gasteiger partial charge in [-0.1, -0.05) is 0 Å². The molecule has 1 aliphatic heterocycles. The van der Waals surface area contributed by atoms with Crippen LogP contribution in [0.4, 0.5) is 0 Å². The van der Waals surface area contributed by atoms with Crippen LogP contribution in [0.2, 0.25) is 0 Å². The van der Waals surface area contributed by atoms with Gasteiger partial charge in [0, 0.05) is 6.20 Å². The Hall–Kier alpha value is -2.12. The number of aliphatic hydroxyl groups excluding tert-OH is 1. The van der Waals surface area contributed by atoms with Crippen molar-refractivity contribution < 1.29 is 23.8 Å². The van der Waals surface area contributed by atoms with E-state index in [-0.39, 0.29) is 18.6 Å². The number of ether oxygens (including phenoxy) is 2. The Labute approximate surface area is 127 Å². The summed E-state index contributed by atoms with van der Waals surface area (Å²) in [6, 6.07) is 3.47. The second-order valence-corrected chi connectivity index (χ2v) is 5.44. The van der Waals surface area contributed by atoms with Crippen LogP contribution in [0.5, 0.6) is 0 Å². The van der Waals surface area contributed by atoms with Crippen molar-refractivity contribution in [3.63, 3.8) is 0 Å². The van der Waals surface area contributed by atoms with Crippen LogP contribution in [0.25, 0.3) is 11.5 Å². The van der Waals surface area contributed by atoms with Gasteiger partial charge in [0.05, 0.1) is 44.7 Å². The largest absolute Gasteiger partial charge is 0.463 e. The molecule has 7 heteroatoms. The highest BCUT2D eigenvalue weighted by molar-refractivity contribution is 5.95. The fourth-order valence-electron chi connectivity index (χ4n) is 2.42. The van der Waals surface area contributed by atoms with Gasteiger partial charge in [-0.3, -0.25) is 4.68 Å². The molecular formula is C15H18N2O5. The van der Waals surface area contributed by atoms with E-state index in [4.69, 9.17) is 13.9 Å². The van der Waals surface area contributed by atoms with Gasteiger partial charge in [-0.2, -0.15) is 5.10 Å². The maximum Gasteiger partial charge on any atom is 0.342 e. The first kappa shape index (κ1) is 14.8. The van der Waals surface area contributed by atoms with Crippen LogP contribution in [0.15, 0.2) is 29.0 Å². The van der Waals surface area contributed by atoms with E-state index in [1.807, 2.05) is 0 Å². The summed E-state index contributed by atoms with van der Waals surface area (Å²) < 4.78 is 17.2. The highest BCUT2D eigenvalue weighted by Crippen LogP contribution is 2.30. The third-order valence-electron chi connectivity index (χ3n) is 3.66. The molecule has 1 N–H and O–H groups in total. The van der Waals surface area contributed by atoms with E-state index in [9.17, 15) is 9.90 Å². The van der Waals surface area contributed by atoms with Crippen LogP contribution >= 0.6 is 0 Å². The first-order chi connectivity index (χ1) is 10.7. The van der Waals surface area contributed by atoms with E-state index in [1.54, 1.807) is 29.9 Å². The van der Waals surface area contributed by atoms with Gasteiger partial charge in [-0.25, -0.2) is 4.79 Å². The lowest BCUT2D eigenvalue weighted by Gasteiger charge is -2.39. The van der Waals surface area contributed by atoms with Crippen molar-refractivity contribution in [3.05, 3.63) is 30.2 Å². The van der Waals surface area contributed by atoms with Crippen molar-refractivity contribution in [2.24, 2.45) is 5.41 Å². The van der Waals surface area contributed by atoms with E-state index >= 15 is 0 Å². The van der Waals surface area contributed by atoms with Gasteiger partial charge in [-0.05, 0) is 19.1 Å². The zero-order valence-electron chi connectivity index (χ0n) is 12.3. The quantitative estimate of drug-likeness (QED) is 0.810. The standard InChI is InChI=1S/C15H18N2O5/c1-2-21-14(19)11-6-17(7-15(8-18)9-20-10-15)16-13(11)12-4-3-5-22-12/h3-6,18H,2,7-10H2,1H3. The lowest BCUT2D eigenvalue weighted by molar-refractivity contribution is -0.146. The molecule has 0 aromatic carbocycles. The van der Waals surface area contributed by atoms with Crippen molar-refractivity contribution in [3.8, 4) is 11.5 Å². The molecule has 1 fully saturated rings. The molecule has 2 aromatic heterocycles. The fourth-order valence-corrected chi connectivity index (χ4v) is 2.42. The molecule has 0 saturated carbocycles. The molecule has 0 atom stereocenters. The molecule has 1 aliphatic rings. The Morgan fingerprint density at radius 1 is 1.55 bits per heavy atom. The molecule has 0 amide bonds. The van der Waals surface area contributed by atoms with E-state index in [0.29, 0.717) is 36.8 Å². The van der Waals surface area contributed by atoms with Crippen LogP contribution in [-0.2, 0) is 16.0 Å². The Morgan fingerprint density at radius 2 is 2.36 bits per heavy atom. The Morgan fingerprint density at radius 3 is 2.91 bits per heavy atom. The predicted molar refractivity (Wildman–Crippen MR) is 76.2 cm³/mol. The summed E-state index contributed by atoms with van der Waals surface area (Å²) in [4.78, 5) is 12.1. The van der Waals surface area contributed by atoms with Crippen molar-refractivity contribution in [1.82, 2.24) is 9.78 Å². The molecule has 3 heterocycles. The topological polar surface area (TPSA) is 86.7 Å². The van der Waals surface area contributed by atoms with Gasteiger partial charge in [0.15, 0.2) is 5.76 Å². The lowest BCUT2D eigenvalue weighted by Crippen LogP contribution is -2.48. The summed E-state index contributed by atoms with van der Waals surface area (Å²) in [6.07, 6.45) is 3.16. The van der Waals surface area contributed by atoms with Gasteiger partial charge >= 0.3 is 5.97 Å². The van der Waals surface area contributed by atoms with Crippen LogP contribution in [0.1, 0.15) is 17.3 Å². The molecule has 22 heavy (non-hydrogen) atoms. The summed E-state index contributed by atoms with van der Waals surface area (Å²) in [5, 5.41) is 13.9. The maximum atomic E-state index is 12.1. The summed E-state index contributed by atoms with van der Waals surface area (Å²) in [5.74, 6) is 0.0627. The number of aromatic nitrogens is 2. The zero-order valence-corrected chi connectivity index (χ0v) is 12.3. The van der Waals surface area contributed by atoms with Gasteiger partial charge in [-0.15, -0.1) is 0 Å². The summed E-state index contributed by atoms with van der Waals surface area (Å²) in [5.41, 5.74) is 0.459. The third kappa shape index (κ3) is 2.65. The Bertz CT molecular complexity index is 637. The number of hydrogen-bond donors (Lipinski definition) is 1. The average molecular weight is 306 g/mol. The van der Waals surface area contributed by atoms with E-state index in [2.05, 4.69) is 5.10 Å². The van der Waals surface area contributed by atoms with Gasteiger partial charge in [0.1, 0.15) is 11.3 Å². The average Bonchev–Trinajstić information content (AvgIpc) is 3.12. The molecular weight excluding hydrogens is 288 g/mol. The molecule has 2 aromatic rings. The molecule has 0 aliphatic carbocycles. The molecule has 0 radical (unpaired) electrons. The van der Waals surface area contributed by atoms with Crippen molar-refractivity contribution in [2.75, 3.05) is 26.4 Å². The molecule has 0 spiro atoms. The Balaban J connectivity index is 1.92. The number of hydrogen-bond acceptors (Lipinski definition) is 6. The summed E-state index contributed by atoms with van der Waals surface area (Å²) in [7, 11) is 0. The van der Waals surface area contributed by atoms with Crippen LogP contribution < -0.4 is 0 Å². The first-order valence-electron chi connectivity index (χ1n) is 7.14. The molecule has 118 valence electrons. The molecule has 0 bridgehead atoms. The summed E-state index contributed by atoms with van der Waals surface area (Å²) in [6.45, 7) is 3.48. The lowest BCUT2D eigenvalue weighted by atomic mass is 9.87. The predicted octanol–water partition coefficient (Wildman–Crippen LogP) is 1.33. The number of aliphatic hydroxyl groups is 1. The Kier molecular flexibility index (Phi) is 4.00. The molecule has 7 nitrogen and oxygen atoms in total. The maximum absolute atomic E-state index is 12.1. The SMILES string of the molecule is CCOC(=O)c1cn(CC2(CO)COC2)nc1-c1ccco1. The van der Waals surface area contributed by atoms with Crippen molar-refractivity contribution >= 4 is 5.97 Å². The second kappa shape index (κ2) is 5.94. The highest BCUT2D eigenvalue weighted by Gasteiger charge is 2.39. The molecule has 1 saturated heterocycles. The van der Waals surface area contributed by atoms with Crippen LogP contribution in [-0.4, -0.2) is 47.3 Å². The van der Waals surface area contributed by atoms with E-state index in [0.717, 1.165) is 0 Å². The van der Waals surface area contributed by atoms with Gasteiger partial charge in [0.2, 0.25) is 0 Å². The van der Waals surface area contributed by atoms with E-state index in [1.165, 1.54) is 6.26 Å². The number of carbonyl (C=O) groups is 1. The number of rotatable bonds is 6. The minimum Gasteiger partial charge on any atom is -0.463 e. The van der Waals surface area contributed by atoms with E-state index < -0.39 is 5.97 Å². The zero-order chi connectivity index (χ0) is 15.6.